The number of hydrogen-bond donors (Lipinski definition) is 1. The Bertz CT molecular complexity index is 927. The molecule has 0 saturated heterocycles. The van der Waals surface area contributed by atoms with Crippen LogP contribution in [0, 0.1) is 6.92 Å². The molecule has 2 aromatic rings. The Hall–Kier alpha value is -2.32. The number of ether oxygens (including phenoxy) is 1. The third-order valence-corrected chi connectivity index (χ3v) is 6.15. The molecule has 144 valence electrons. The van der Waals surface area contributed by atoms with Gasteiger partial charge in [-0.25, -0.2) is 8.42 Å². The maximum absolute atomic E-state index is 13.2. The number of amides is 1. The van der Waals surface area contributed by atoms with E-state index in [1.165, 1.54) is 25.3 Å². The Morgan fingerprint density at radius 3 is 2.48 bits per heavy atom. The Morgan fingerprint density at radius 2 is 1.93 bits per heavy atom. The number of benzene rings is 2. The highest BCUT2D eigenvalue weighted by Crippen LogP contribution is 2.30. The Kier molecular flexibility index (Phi) is 7.04. The lowest BCUT2D eigenvalue weighted by atomic mass is 10.2. The van der Waals surface area contributed by atoms with Crippen LogP contribution in [-0.2, 0) is 14.8 Å². The number of methoxy groups -OCH3 is 1. The Balaban J connectivity index is 2.47. The van der Waals surface area contributed by atoms with Crippen LogP contribution < -0.4 is 14.4 Å². The monoisotopic (exact) mass is 452 g/mol. The van der Waals surface area contributed by atoms with Crippen molar-refractivity contribution >= 4 is 37.5 Å². The van der Waals surface area contributed by atoms with Crippen molar-refractivity contribution in [2.75, 3.05) is 24.5 Å². The second kappa shape index (κ2) is 9.05. The summed E-state index contributed by atoms with van der Waals surface area (Å²) in [7, 11) is -2.48. The highest BCUT2D eigenvalue weighted by Gasteiger charge is 2.27. The van der Waals surface area contributed by atoms with Crippen LogP contribution in [0.4, 0.5) is 5.69 Å². The molecule has 1 N–H and O–H groups in total. The van der Waals surface area contributed by atoms with Gasteiger partial charge < -0.3 is 10.1 Å². The van der Waals surface area contributed by atoms with E-state index in [1.807, 2.05) is 6.92 Å². The first kappa shape index (κ1) is 21.0. The molecule has 6 nitrogen and oxygen atoms in total. The van der Waals surface area contributed by atoms with Crippen LogP contribution in [0.2, 0.25) is 0 Å². The minimum absolute atomic E-state index is 0.0484. The van der Waals surface area contributed by atoms with Gasteiger partial charge in [-0.2, -0.15) is 0 Å². The predicted molar refractivity (Wildman–Crippen MR) is 110 cm³/mol. The van der Waals surface area contributed by atoms with Crippen molar-refractivity contribution in [3.05, 3.63) is 65.2 Å². The van der Waals surface area contributed by atoms with Crippen molar-refractivity contribution in [1.82, 2.24) is 5.32 Å². The summed E-state index contributed by atoms with van der Waals surface area (Å²) in [5, 5.41) is 2.60. The fourth-order valence-corrected chi connectivity index (χ4v) is 4.47. The molecule has 0 aliphatic rings. The second-order valence-electron chi connectivity index (χ2n) is 5.74. The van der Waals surface area contributed by atoms with Crippen molar-refractivity contribution in [3.63, 3.8) is 0 Å². The molecule has 0 heterocycles. The fraction of sp³-hybridized carbons (Fsp3) is 0.211. The quantitative estimate of drug-likeness (QED) is 0.623. The van der Waals surface area contributed by atoms with Crippen LogP contribution >= 0.6 is 15.9 Å². The number of hydrogen-bond acceptors (Lipinski definition) is 4. The van der Waals surface area contributed by atoms with E-state index < -0.39 is 15.9 Å². The molecular weight excluding hydrogens is 432 g/mol. The first-order valence-electron chi connectivity index (χ1n) is 8.10. The first-order chi connectivity index (χ1) is 12.8. The zero-order valence-corrected chi connectivity index (χ0v) is 17.5. The fourth-order valence-electron chi connectivity index (χ4n) is 2.33. The molecular formula is C19H21BrN2O4S. The number of sulfonamides is 1. The molecule has 0 saturated carbocycles. The third kappa shape index (κ3) is 5.11. The van der Waals surface area contributed by atoms with Crippen LogP contribution in [0.3, 0.4) is 0 Å². The lowest BCUT2D eigenvalue weighted by Gasteiger charge is -2.24. The molecule has 27 heavy (non-hydrogen) atoms. The Labute approximate surface area is 168 Å². The minimum atomic E-state index is -3.97. The number of carbonyl (C=O) groups excluding carboxylic acids is 1. The van der Waals surface area contributed by atoms with Crippen molar-refractivity contribution in [2.24, 2.45) is 0 Å². The van der Waals surface area contributed by atoms with Crippen LogP contribution in [0.15, 0.2) is 64.5 Å². The molecule has 0 aromatic heterocycles. The van der Waals surface area contributed by atoms with Gasteiger partial charge in [0.25, 0.3) is 10.0 Å². The first-order valence-corrected chi connectivity index (χ1v) is 10.3. The Morgan fingerprint density at radius 1 is 1.26 bits per heavy atom. The van der Waals surface area contributed by atoms with Crippen molar-refractivity contribution in [3.8, 4) is 5.75 Å². The number of aryl methyl sites for hydroxylation is 1. The predicted octanol–water partition coefficient (Wildman–Crippen LogP) is 3.26. The summed E-state index contributed by atoms with van der Waals surface area (Å²) in [5.74, 6) is 0.0891. The van der Waals surface area contributed by atoms with Crippen molar-refractivity contribution < 1.29 is 17.9 Å². The van der Waals surface area contributed by atoms with Gasteiger partial charge in [-0.15, -0.1) is 6.58 Å². The molecule has 0 unspecified atom stereocenters. The molecule has 0 spiro atoms. The van der Waals surface area contributed by atoms with Crippen LogP contribution in [-0.4, -0.2) is 34.5 Å². The third-order valence-electron chi connectivity index (χ3n) is 3.76. The van der Waals surface area contributed by atoms with E-state index >= 15 is 0 Å². The molecule has 2 rings (SSSR count). The summed E-state index contributed by atoms with van der Waals surface area (Å²) >= 11 is 3.30. The number of rotatable bonds is 8. The van der Waals surface area contributed by atoms with Gasteiger partial charge in [0.2, 0.25) is 5.91 Å². The summed E-state index contributed by atoms with van der Waals surface area (Å²) in [6.07, 6.45) is 1.53. The number of nitrogens with one attached hydrogen (secondary N) is 1. The lowest BCUT2D eigenvalue weighted by molar-refractivity contribution is -0.119. The van der Waals surface area contributed by atoms with E-state index in [1.54, 1.807) is 30.3 Å². The van der Waals surface area contributed by atoms with Gasteiger partial charge in [-0.05, 0) is 53.2 Å². The summed E-state index contributed by atoms with van der Waals surface area (Å²) in [4.78, 5) is 12.3. The molecule has 0 bridgehead atoms. The topological polar surface area (TPSA) is 75.7 Å². The smallest absolute Gasteiger partial charge is 0.264 e. The maximum Gasteiger partial charge on any atom is 0.264 e. The molecule has 0 aliphatic carbocycles. The van der Waals surface area contributed by atoms with Gasteiger partial charge in [-0.1, -0.05) is 23.8 Å². The number of anilines is 1. The lowest BCUT2D eigenvalue weighted by Crippen LogP contribution is -2.41. The minimum Gasteiger partial charge on any atom is -0.496 e. The summed E-state index contributed by atoms with van der Waals surface area (Å²) < 4.78 is 33.2. The van der Waals surface area contributed by atoms with Crippen molar-refractivity contribution in [1.29, 1.82) is 0 Å². The molecule has 0 aliphatic heterocycles. The van der Waals surface area contributed by atoms with Gasteiger partial charge in [0.05, 0.1) is 22.2 Å². The summed E-state index contributed by atoms with van der Waals surface area (Å²) in [5.41, 5.74) is 1.39. The van der Waals surface area contributed by atoms with E-state index in [0.717, 1.165) is 9.87 Å². The molecule has 0 atom stereocenters. The van der Waals surface area contributed by atoms with E-state index in [2.05, 4.69) is 27.8 Å². The van der Waals surface area contributed by atoms with Gasteiger partial charge in [0, 0.05) is 6.54 Å². The SMILES string of the molecule is C=CCNC(=O)CN(c1ccc(C)cc1)S(=O)(=O)c1ccc(OC)c(Br)c1. The zero-order valence-electron chi connectivity index (χ0n) is 15.1. The molecule has 0 radical (unpaired) electrons. The zero-order chi connectivity index (χ0) is 20.0. The molecule has 2 aromatic carbocycles. The maximum atomic E-state index is 13.2. The standard InChI is InChI=1S/C19H21BrN2O4S/c1-4-11-21-19(23)13-22(15-7-5-14(2)6-8-15)27(24,25)16-9-10-18(26-3)17(20)12-16/h4-10,12H,1,11,13H2,2-3H3,(H,21,23). The van der Waals surface area contributed by atoms with Gasteiger partial charge in [0.1, 0.15) is 12.3 Å². The normalized spacial score (nSPS) is 10.9. The van der Waals surface area contributed by atoms with E-state index in [4.69, 9.17) is 4.74 Å². The average Bonchev–Trinajstić information content (AvgIpc) is 2.65. The highest BCUT2D eigenvalue weighted by molar-refractivity contribution is 9.10. The van der Waals surface area contributed by atoms with Crippen LogP contribution in [0.25, 0.3) is 0 Å². The van der Waals surface area contributed by atoms with Gasteiger partial charge in [-0.3, -0.25) is 9.10 Å². The second-order valence-corrected chi connectivity index (χ2v) is 8.45. The van der Waals surface area contributed by atoms with Crippen LogP contribution in [0.5, 0.6) is 5.75 Å². The highest BCUT2D eigenvalue weighted by atomic mass is 79.9. The average molecular weight is 453 g/mol. The number of nitrogens with zero attached hydrogens (tertiary/aromatic N) is 1. The number of halogens is 1. The number of carbonyl (C=O) groups is 1. The van der Waals surface area contributed by atoms with Gasteiger partial charge >= 0.3 is 0 Å². The van der Waals surface area contributed by atoms with Crippen LogP contribution in [0.1, 0.15) is 5.56 Å². The van der Waals surface area contributed by atoms with Crippen molar-refractivity contribution in [2.45, 2.75) is 11.8 Å². The van der Waals surface area contributed by atoms with E-state index in [-0.39, 0.29) is 18.0 Å². The summed E-state index contributed by atoms with van der Waals surface area (Å²) in [6.45, 7) is 5.36. The largest absolute Gasteiger partial charge is 0.496 e. The van der Waals surface area contributed by atoms with E-state index in [9.17, 15) is 13.2 Å². The van der Waals surface area contributed by atoms with E-state index in [0.29, 0.717) is 15.9 Å². The molecule has 0 fully saturated rings. The molecule has 8 heteroatoms. The molecule has 1 amide bonds. The summed E-state index contributed by atoms with van der Waals surface area (Å²) in [6, 6.07) is 11.4. The van der Waals surface area contributed by atoms with Gasteiger partial charge in [0.15, 0.2) is 0 Å².